The first-order valence-electron chi connectivity index (χ1n) is 7.60. The van der Waals surface area contributed by atoms with E-state index < -0.39 is 14.1 Å². The Balaban J connectivity index is 2.37. The van der Waals surface area contributed by atoms with Crippen LogP contribution < -0.4 is 0 Å². The van der Waals surface area contributed by atoms with Crippen LogP contribution in [0.3, 0.4) is 0 Å². The first-order chi connectivity index (χ1) is 8.58. The Morgan fingerprint density at radius 3 is 2.26 bits per heavy atom. The van der Waals surface area contributed by atoms with Gasteiger partial charge in [-0.05, 0) is 53.3 Å². The molecule has 1 atom stereocenters. The molecule has 0 aromatic carbocycles. The van der Waals surface area contributed by atoms with Crippen LogP contribution in [0, 0.1) is 0 Å². The van der Waals surface area contributed by atoms with Crippen molar-refractivity contribution in [3.05, 3.63) is 0 Å². The molecule has 1 heterocycles. The van der Waals surface area contributed by atoms with Crippen molar-refractivity contribution in [1.82, 2.24) is 0 Å². The molecule has 3 nitrogen and oxygen atoms in total. The van der Waals surface area contributed by atoms with Crippen molar-refractivity contribution in [3.63, 3.8) is 0 Å². The predicted molar refractivity (Wildman–Crippen MR) is 81.9 cm³/mol. The monoisotopic (exact) mass is 288 g/mol. The highest BCUT2D eigenvalue weighted by molar-refractivity contribution is 6.71. The minimum Gasteiger partial charge on any atom is -0.417 e. The molecular weight excluding hydrogens is 256 g/mol. The van der Waals surface area contributed by atoms with Gasteiger partial charge in [0.15, 0.2) is 14.1 Å². The topological polar surface area (TPSA) is 27.7 Å². The van der Waals surface area contributed by atoms with Crippen molar-refractivity contribution in [2.45, 2.75) is 90.5 Å². The summed E-state index contributed by atoms with van der Waals surface area (Å²) in [5.74, 6) is -0.469. The molecule has 1 fully saturated rings. The van der Waals surface area contributed by atoms with E-state index >= 15 is 0 Å². The molecule has 1 saturated heterocycles. The van der Waals surface area contributed by atoms with Crippen LogP contribution in [-0.2, 0) is 13.9 Å². The molecule has 0 aliphatic carbocycles. The van der Waals surface area contributed by atoms with Crippen molar-refractivity contribution < 1.29 is 13.9 Å². The van der Waals surface area contributed by atoms with Gasteiger partial charge in [-0.3, -0.25) is 0 Å². The fourth-order valence-electron chi connectivity index (χ4n) is 2.73. The fraction of sp³-hybridized carbons (Fsp3) is 1.00. The van der Waals surface area contributed by atoms with Gasteiger partial charge in [0.1, 0.15) is 0 Å². The lowest BCUT2D eigenvalue weighted by molar-refractivity contribution is -0.157. The maximum absolute atomic E-state index is 6.16. The van der Waals surface area contributed by atoms with Crippen molar-refractivity contribution in [2.24, 2.45) is 0 Å². The molecule has 19 heavy (non-hydrogen) atoms. The minimum atomic E-state index is -1.47. The van der Waals surface area contributed by atoms with E-state index in [9.17, 15) is 0 Å². The molecule has 1 aliphatic rings. The lowest BCUT2D eigenvalue weighted by Gasteiger charge is -2.27. The normalized spacial score (nSPS) is 25.7. The molecule has 114 valence electrons. The Hall–Kier alpha value is 0.0969. The van der Waals surface area contributed by atoms with Crippen LogP contribution in [0.5, 0.6) is 0 Å². The van der Waals surface area contributed by atoms with Gasteiger partial charge in [-0.1, -0.05) is 19.8 Å². The van der Waals surface area contributed by atoms with Gasteiger partial charge in [0, 0.05) is 6.61 Å². The molecule has 0 amide bonds. The molecule has 4 heteroatoms. The average molecular weight is 289 g/mol. The van der Waals surface area contributed by atoms with Gasteiger partial charge in [0.2, 0.25) is 0 Å². The van der Waals surface area contributed by atoms with Gasteiger partial charge in [0.25, 0.3) is 0 Å². The fourth-order valence-corrected chi connectivity index (χ4v) is 4.75. The molecule has 0 aromatic heterocycles. The van der Waals surface area contributed by atoms with Crippen LogP contribution in [0.15, 0.2) is 0 Å². The average Bonchev–Trinajstić information content (AvgIpc) is 2.44. The van der Waals surface area contributed by atoms with Gasteiger partial charge >= 0.3 is 0 Å². The molecule has 0 radical (unpaired) electrons. The van der Waals surface area contributed by atoms with E-state index in [1.807, 2.05) is 13.8 Å². The predicted octanol–water partition coefficient (Wildman–Crippen LogP) is 4.33. The second-order valence-electron chi connectivity index (χ2n) is 7.21. The quantitative estimate of drug-likeness (QED) is 0.653. The SMILES string of the molecule is CCCC[Si](C)(C)OCC[C@@H]1OC(C)(C)OC1(C)C. The highest BCUT2D eigenvalue weighted by Gasteiger charge is 2.46. The third-order valence-corrected chi connectivity index (χ3v) is 6.26. The lowest BCUT2D eigenvalue weighted by atomic mass is 10.00. The van der Waals surface area contributed by atoms with Gasteiger partial charge in [-0.25, -0.2) is 0 Å². The smallest absolute Gasteiger partial charge is 0.186 e. The second-order valence-corrected chi connectivity index (χ2v) is 11.5. The largest absolute Gasteiger partial charge is 0.417 e. The summed E-state index contributed by atoms with van der Waals surface area (Å²) in [5, 5.41) is 0. The molecule has 1 aliphatic heterocycles. The molecule has 0 bridgehead atoms. The van der Waals surface area contributed by atoms with Crippen LogP contribution in [0.1, 0.15) is 53.9 Å². The zero-order valence-electron chi connectivity index (χ0n) is 13.8. The second kappa shape index (κ2) is 6.25. The summed E-state index contributed by atoms with van der Waals surface area (Å²) in [6.07, 6.45) is 3.57. The number of rotatable bonds is 7. The van der Waals surface area contributed by atoms with Gasteiger partial charge in [-0.15, -0.1) is 0 Å². The zero-order chi connectivity index (χ0) is 14.7. The van der Waals surface area contributed by atoms with Gasteiger partial charge < -0.3 is 13.9 Å². The van der Waals surface area contributed by atoms with E-state index in [0.717, 1.165) is 13.0 Å². The summed E-state index contributed by atoms with van der Waals surface area (Å²) in [6, 6.07) is 1.25. The van der Waals surface area contributed by atoms with Crippen LogP contribution in [-0.4, -0.2) is 32.4 Å². The maximum atomic E-state index is 6.16. The third kappa shape index (κ3) is 5.54. The summed E-state index contributed by atoms with van der Waals surface area (Å²) in [5.41, 5.74) is -0.220. The first-order valence-corrected chi connectivity index (χ1v) is 10.7. The molecule has 0 aromatic rings. The van der Waals surface area contributed by atoms with E-state index in [2.05, 4.69) is 33.9 Å². The first kappa shape index (κ1) is 17.1. The van der Waals surface area contributed by atoms with E-state index in [1.54, 1.807) is 0 Å². The van der Waals surface area contributed by atoms with E-state index in [4.69, 9.17) is 13.9 Å². The Morgan fingerprint density at radius 1 is 1.16 bits per heavy atom. The maximum Gasteiger partial charge on any atom is 0.186 e. The highest BCUT2D eigenvalue weighted by Crippen LogP contribution is 2.37. The van der Waals surface area contributed by atoms with E-state index in [1.165, 1.54) is 18.9 Å². The van der Waals surface area contributed by atoms with E-state index in [-0.39, 0.29) is 11.7 Å². The molecule has 0 saturated carbocycles. The van der Waals surface area contributed by atoms with Crippen LogP contribution in [0.25, 0.3) is 0 Å². The van der Waals surface area contributed by atoms with Crippen molar-refractivity contribution >= 4 is 8.32 Å². The molecule has 1 rings (SSSR count). The van der Waals surface area contributed by atoms with Crippen LogP contribution in [0.2, 0.25) is 19.1 Å². The zero-order valence-corrected chi connectivity index (χ0v) is 14.8. The van der Waals surface area contributed by atoms with E-state index in [0.29, 0.717) is 0 Å². The summed E-state index contributed by atoms with van der Waals surface area (Å²) >= 11 is 0. The minimum absolute atomic E-state index is 0.124. The summed E-state index contributed by atoms with van der Waals surface area (Å²) in [4.78, 5) is 0. The molecule has 0 spiro atoms. The summed E-state index contributed by atoms with van der Waals surface area (Å²) < 4.78 is 18.1. The molecular formula is C15H32O3Si. The molecule has 0 unspecified atom stereocenters. The number of hydrogen-bond donors (Lipinski definition) is 0. The number of ether oxygens (including phenoxy) is 2. The number of hydrogen-bond acceptors (Lipinski definition) is 3. The highest BCUT2D eigenvalue weighted by atomic mass is 28.4. The van der Waals surface area contributed by atoms with Crippen molar-refractivity contribution in [2.75, 3.05) is 6.61 Å². The van der Waals surface area contributed by atoms with Gasteiger partial charge in [0.05, 0.1) is 11.7 Å². The van der Waals surface area contributed by atoms with Crippen molar-refractivity contribution in [3.8, 4) is 0 Å². The van der Waals surface area contributed by atoms with Gasteiger partial charge in [-0.2, -0.15) is 0 Å². The van der Waals surface area contributed by atoms with Crippen LogP contribution >= 0.6 is 0 Å². The third-order valence-electron chi connectivity index (χ3n) is 3.72. The Morgan fingerprint density at radius 2 is 1.79 bits per heavy atom. The summed E-state index contributed by atoms with van der Waals surface area (Å²) in [6.45, 7) is 15.8. The Kier molecular flexibility index (Phi) is 5.64. The van der Waals surface area contributed by atoms with Crippen LogP contribution in [0.4, 0.5) is 0 Å². The lowest BCUT2D eigenvalue weighted by Crippen LogP contribution is -2.36. The van der Waals surface area contributed by atoms with Crippen molar-refractivity contribution in [1.29, 1.82) is 0 Å². The Labute approximate surface area is 120 Å². The summed E-state index contributed by atoms with van der Waals surface area (Å²) in [7, 11) is -1.47. The molecule has 0 N–H and O–H groups in total. The Bertz CT molecular complexity index is 287. The standard InChI is InChI=1S/C15H32O3Si/c1-8-9-12-19(6,7)16-11-10-13-14(2,3)18-15(4,5)17-13/h13H,8-12H2,1-7H3/t13-/m0/s1. The number of unbranched alkanes of at least 4 members (excludes halogenated alkanes) is 1.